The number of aliphatic hydroxyl groups excluding tert-OH is 1. The van der Waals surface area contributed by atoms with Crippen LogP contribution in [0.2, 0.25) is 0 Å². The molecule has 1 amide bonds. The molecule has 98 valence electrons. The van der Waals surface area contributed by atoms with Crippen LogP contribution >= 0.6 is 0 Å². The number of aromatic hydroxyl groups is 1. The van der Waals surface area contributed by atoms with Gasteiger partial charge in [0, 0.05) is 31.3 Å². The number of phenolic OH excluding ortho intramolecular Hbond substituents is 1. The number of nitrogens with one attached hydrogen (secondary N) is 1. The van der Waals surface area contributed by atoms with E-state index in [1.807, 2.05) is 0 Å². The molecule has 1 aromatic carbocycles. The minimum Gasteiger partial charge on any atom is -0.508 e. The first kappa shape index (κ1) is 12.9. The molecule has 1 saturated heterocycles. The van der Waals surface area contributed by atoms with Gasteiger partial charge in [-0.25, -0.2) is 0 Å². The number of hydrogen-bond acceptors (Lipinski definition) is 4. The van der Waals surface area contributed by atoms with Crippen molar-refractivity contribution in [3.05, 3.63) is 29.3 Å². The topological polar surface area (TPSA) is 72.8 Å². The third kappa shape index (κ3) is 2.19. The molecule has 1 aliphatic rings. The molecule has 5 nitrogen and oxygen atoms in total. The first-order chi connectivity index (χ1) is 8.52. The first-order valence-electron chi connectivity index (χ1n) is 5.97. The Morgan fingerprint density at radius 3 is 2.78 bits per heavy atom. The Labute approximate surface area is 106 Å². The molecule has 2 rings (SSSR count). The van der Waals surface area contributed by atoms with Crippen molar-refractivity contribution < 1.29 is 15.0 Å². The second kappa shape index (κ2) is 4.96. The van der Waals surface area contributed by atoms with Crippen LogP contribution in [0.3, 0.4) is 0 Å². The van der Waals surface area contributed by atoms with E-state index in [0.717, 1.165) is 0 Å². The zero-order chi connectivity index (χ0) is 13.3. The van der Waals surface area contributed by atoms with E-state index in [9.17, 15) is 15.0 Å². The third-order valence-corrected chi connectivity index (χ3v) is 3.50. The van der Waals surface area contributed by atoms with E-state index in [1.165, 1.54) is 4.90 Å². The van der Waals surface area contributed by atoms with Crippen molar-refractivity contribution in [2.75, 3.05) is 20.1 Å². The van der Waals surface area contributed by atoms with Crippen molar-refractivity contribution in [3.8, 4) is 5.75 Å². The summed E-state index contributed by atoms with van der Waals surface area (Å²) in [6, 6.07) is 4.66. The number of hydrogen-bond donors (Lipinski definition) is 3. The van der Waals surface area contributed by atoms with Gasteiger partial charge in [-0.2, -0.15) is 0 Å². The monoisotopic (exact) mass is 250 g/mol. The van der Waals surface area contributed by atoms with Crippen LogP contribution < -0.4 is 5.32 Å². The van der Waals surface area contributed by atoms with Gasteiger partial charge in [-0.05, 0) is 19.1 Å². The van der Waals surface area contributed by atoms with E-state index in [0.29, 0.717) is 24.2 Å². The number of carbonyl (C=O) groups excluding carboxylic acids is 1. The Morgan fingerprint density at radius 2 is 2.17 bits per heavy atom. The Kier molecular flexibility index (Phi) is 3.54. The standard InChI is InChI=1S/C13H18N2O3/c1-8-9(4-3-5-11(8)16)13(18)15(2)10-6-14-7-12(10)17/h3-5,10,12,14,16-17H,6-7H2,1-2H3/t10-,12-/m1/s1. The number of aliphatic hydroxyl groups is 1. The molecule has 0 aliphatic carbocycles. The van der Waals surface area contributed by atoms with Crippen LogP contribution in [-0.2, 0) is 0 Å². The van der Waals surface area contributed by atoms with Gasteiger partial charge in [-0.1, -0.05) is 6.07 Å². The molecule has 0 unspecified atom stereocenters. The minimum absolute atomic E-state index is 0.111. The number of amides is 1. The van der Waals surface area contributed by atoms with Crippen LogP contribution in [0.5, 0.6) is 5.75 Å². The van der Waals surface area contributed by atoms with Gasteiger partial charge in [-0.3, -0.25) is 4.79 Å². The Bertz CT molecular complexity index is 462. The minimum atomic E-state index is -0.545. The van der Waals surface area contributed by atoms with E-state index in [-0.39, 0.29) is 17.7 Å². The highest BCUT2D eigenvalue weighted by atomic mass is 16.3. The molecule has 1 aromatic rings. The fourth-order valence-electron chi connectivity index (χ4n) is 2.24. The van der Waals surface area contributed by atoms with Gasteiger partial charge >= 0.3 is 0 Å². The van der Waals surface area contributed by atoms with Crippen molar-refractivity contribution >= 4 is 5.91 Å². The van der Waals surface area contributed by atoms with Gasteiger partial charge in [0.1, 0.15) is 5.75 Å². The normalized spacial score (nSPS) is 23.1. The predicted molar refractivity (Wildman–Crippen MR) is 67.6 cm³/mol. The number of nitrogens with zero attached hydrogens (tertiary/aromatic N) is 1. The maximum absolute atomic E-state index is 12.3. The molecule has 2 atom stereocenters. The average Bonchev–Trinajstić information content (AvgIpc) is 2.77. The zero-order valence-corrected chi connectivity index (χ0v) is 10.6. The summed E-state index contributed by atoms with van der Waals surface area (Å²) in [6.07, 6.45) is -0.545. The van der Waals surface area contributed by atoms with Crippen molar-refractivity contribution in [1.82, 2.24) is 10.2 Å². The lowest BCUT2D eigenvalue weighted by atomic mass is 10.1. The van der Waals surface area contributed by atoms with Gasteiger partial charge in [-0.15, -0.1) is 0 Å². The second-order valence-corrected chi connectivity index (χ2v) is 4.66. The summed E-state index contributed by atoms with van der Waals surface area (Å²) in [4.78, 5) is 13.9. The van der Waals surface area contributed by atoms with Crippen molar-refractivity contribution in [1.29, 1.82) is 0 Å². The van der Waals surface area contributed by atoms with Crippen LogP contribution in [0.1, 0.15) is 15.9 Å². The molecule has 0 saturated carbocycles. The van der Waals surface area contributed by atoms with Crippen molar-refractivity contribution in [3.63, 3.8) is 0 Å². The van der Waals surface area contributed by atoms with Gasteiger partial charge in [0.05, 0.1) is 12.1 Å². The van der Waals surface area contributed by atoms with Gasteiger partial charge in [0.2, 0.25) is 0 Å². The molecular formula is C13H18N2O3. The summed E-state index contributed by atoms with van der Waals surface area (Å²) in [6.45, 7) is 2.79. The summed E-state index contributed by atoms with van der Waals surface area (Å²) >= 11 is 0. The number of rotatable bonds is 2. The molecule has 0 aromatic heterocycles. The van der Waals surface area contributed by atoms with Crippen LogP contribution in [0, 0.1) is 6.92 Å². The molecule has 1 heterocycles. The molecule has 0 bridgehead atoms. The van der Waals surface area contributed by atoms with Crippen LogP contribution in [-0.4, -0.2) is 53.3 Å². The Hall–Kier alpha value is -1.59. The van der Waals surface area contributed by atoms with Crippen LogP contribution in [0.4, 0.5) is 0 Å². The number of likely N-dealkylation sites (N-methyl/N-ethyl adjacent to an activating group) is 1. The molecule has 18 heavy (non-hydrogen) atoms. The second-order valence-electron chi connectivity index (χ2n) is 4.66. The maximum atomic E-state index is 12.3. The summed E-state index contributed by atoms with van der Waals surface area (Å²) in [5, 5.41) is 22.4. The predicted octanol–water partition coefficient (Wildman–Crippen LogP) is 0.105. The van der Waals surface area contributed by atoms with E-state index < -0.39 is 6.10 Å². The molecule has 1 fully saturated rings. The fourth-order valence-corrected chi connectivity index (χ4v) is 2.24. The first-order valence-corrected chi connectivity index (χ1v) is 5.97. The number of benzene rings is 1. The third-order valence-electron chi connectivity index (χ3n) is 3.50. The summed E-state index contributed by atoms with van der Waals surface area (Å²) in [5.74, 6) is -0.0736. The Morgan fingerprint density at radius 1 is 1.44 bits per heavy atom. The lowest BCUT2D eigenvalue weighted by Crippen LogP contribution is -2.44. The van der Waals surface area contributed by atoms with E-state index in [1.54, 1.807) is 32.2 Å². The average molecular weight is 250 g/mol. The fraction of sp³-hybridized carbons (Fsp3) is 0.462. The highest BCUT2D eigenvalue weighted by molar-refractivity contribution is 5.96. The van der Waals surface area contributed by atoms with E-state index in [4.69, 9.17) is 0 Å². The summed E-state index contributed by atoms with van der Waals surface area (Å²) in [5.41, 5.74) is 1.03. The lowest BCUT2D eigenvalue weighted by Gasteiger charge is -2.27. The van der Waals surface area contributed by atoms with Crippen molar-refractivity contribution in [2.45, 2.75) is 19.1 Å². The smallest absolute Gasteiger partial charge is 0.254 e. The maximum Gasteiger partial charge on any atom is 0.254 e. The largest absolute Gasteiger partial charge is 0.508 e. The highest BCUT2D eigenvalue weighted by Crippen LogP contribution is 2.22. The molecule has 1 aliphatic heterocycles. The van der Waals surface area contributed by atoms with E-state index >= 15 is 0 Å². The lowest BCUT2D eigenvalue weighted by molar-refractivity contribution is 0.0580. The van der Waals surface area contributed by atoms with Gasteiger partial charge < -0.3 is 20.4 Å². The molecule has 0 radical (unpaired) electrons. The van der Waals surface area contributed by atoms with Gasteiger partial charge in [0.15, 0.2) is 0 Å². The zero-order valence-electron chi connectivity index (χ0n) is 10.6. The number of phenols is 1. The SMILES string of the molecule is Cc1c(O)cccc1C(=O)N(C)[C@@H]1CNC[C@H]1O. The number of carbonyl (C=O) groups is 1. The molecule has 0 spiro atoms. The number of β-amino-alcohol motifs (C(OH)–C–C–N with tert-alkyl or cyclic N) is 1. The van der Waals surface area contributed by atoms with Gasteiger partial charge in [0.25, 0.3) is 5.91 Å². The quantitative estimate of drug-likeness (QED) is 0.696. The Balaban J connectivity index is 2.23. The summed E-state index contributed by atoms with van der Waals surface area (Å²) < 4.78 is 0. The van der Waals surface area contributed by atoms with Crippen molar-refractivity contribution in [2.24, 2.45) is 0 Å². The summed E-state index contributed by atoms with van der Waals surface area (Å²) in [7, 11) is 1.67. The molecule has 3 N–H and O–H groups in total. The molecule has 5 heteroatoms. The molecular weight excluding hydrogens is 232 g/mol. The van der Waals surface area contributed by atoms with Crippen LogP contribution in [0.15, 0.2) is 18.2 Å². The van der Waals surface area contributed by atoms with Crippen LogP contribution in [0.25, 0.3) is 0 Å². The highest BCUT2D eigenvalue weighted by Gasteiger charge is 2.32. The van der Waals surface area contributed by atoms with E-state index in [2.05, 4.69) is 5.32 Å².